The molecule has 1 unspecified atom stereocenters. The number of aromatic nitrogens is 3. The standard InChI is InChI=1S/C32H32F2N4O4S/c1-19(42-20(2)22-10-12-23(33)13-11-22)16-29(37(4)43(6,39)40)31(21(3)41-5)27-18-35-26-14-15-38-28-9-7-8-25(34)24(28)17-30(38)32(26)36-27/h7-13,16-18,21H,2,14-15H2,1,3-6H3/b19-16+,31-29-. The summed E-state index contributed by atoms with van der Waals surface area (Å²) in [5, 5.41) is 0.494. The molecule has 2 aromatic carbocycles. The van der Waals surface area contributed by atoms with Gasteiger partial charge in [-0.1, -0.05) is 12.6 Å². The molecule has 0 amide bonds. The minimum Gasteiger partial charge on any atom is -0.462 e. The lowest BCUT2D eigenvalue weighted by Crippen LogP contribution is -2.28. The Balaban J connectivity index is 1.66. The Bertz CT molecular complexity index is 1900. The molecule has 224 valence electrons. The first-order valence-corrected chi connectivity index (χ1v) is 15.4. The fourth-order valence-corrected chi connectivity index (χ4v) is 5.64. The lowest BCUT2D eigenvalue weighted by atomic mass is 10.0. The van der Waals surface area contributed by atoms with E-state index in [9.17, 15) is 17.2 Å². The molecule has 43 heavy (non-hydrogen) atoms. The Kier molecular flexibility index (Phi) is 8.22. The highest BCUT2D eigenvalue weighted by molar-refractivity contribution is 7.88. The highest BCUT2D eigenvalue weighted by atomic mass is 32.2. The van der Waals surface area contributed by atoms with Crippen molar-refractivity contribution in [2.45, 2.75) is 32.9 Å². The summed E-state index contributed by atoms with van der Waals surface area (Å²) in [5.41, 5.74) is 4.48. The van der Waals surface area contributed by atoms with E-state index >= 15 is 0 Å². The maximum Gasteiger partial charge on any atom is 0.232 e. The molecule has 1 atom stereocenters. The number of aryl methyl sites for hydroxylation is 2. The van der Waals surface area contributed by atoms with Gasteiger partial charge in [0.15, 0.2) is 0 Å². The van der Waals surface area contributed by atoms with Gasteiger partial charge in [-0.3, -0.25) is 9.29 Å². The van der Waals surface area contributed by atoms with Crippen LogP contribution >= 0.6 is 0 Å². The first-order valence-electron chi connectivity index (χ1n) is 13.5. The van der Waals surface area contributed by atoms with E-state index in [2.05, 4.69) is 6.58 Å². The van der Waals surface area contributed by atoms with E-state index in [1.54, 1.807) is 38.3 Å². The number of likely N-dealkylation sites (N-methyl/N-ethyl adjacent to an activating group) is 1. The van der Waals surface area contributed by atoms with Crippen molar-refractivity contribution in [2.75, 3.05) is 20.4 Å². The van der Waals surface area contributed by atoms with Gasteiger partial charge in [0.2, 0.25) is 10.0 Å². The number of allylic oxidation sites excluding steroid dienone is 2. The zero-order chi connectivity index (χ0) is 31.1. The van der Waals surface area contributed by atoms with E-state index in [-0.39, 0.29) is 17.3 Å². The predicted molar refractivity (Wildman–Crippen MR) is 163 cm³/mol. The maximum absolute atomic E-state index is 14.7. The number of benzene rings is 2. The van der Waals surface area contributed by atoms with Crippen LogP contribution in [-0.2, 0) is 32.5 Å². The van der Waals surface area contributed by atoms with Crippen molar-refractivity contribution in [3.05, 3.63) is 107 Å². The summed E-state index contributed by atoms with van der Waals surface area (Å²) in [6.07, 6.45) is 4.23. The quantitative estimate of drug-likeness (QED) is 0.168. The summed E-state index contributed by atoms with van der Waals surface area (Å²) in [7, 11) is -0.813. The lowest BCUT2D eigenvalue weighted by Gasteiger charge is -2.26. The van der Waals surface area contributed by atoms with Crippen LogP contribution in [0.15, 0.2) is 78.8 Å². The molecule has 3 heterocycles. The number of hydrogen-bond donors (Lipinski definition) is 0. The fraction of sp³-hybridized carbons (Fsp3) is 0.250. The molecule has 8 nitrogen and oxygen atoms in total. The van der Waals surface area contributed by atoms with Gasteiger partial charge in [-0.2, -0.15) is 0 Å². The second kappa shape index (κ2) is 11.7. The molecule has 1 aliphatic rings. The van der Waals surface area contributed by atoms with Crippen LogP contribution in [0, 0.1) is 11.6 Å². The SMILES string of the molecule is C=C(O/C(C)=C/C(=C(/c1cnc2c(n1)-c1cc3c(F)cccc3n1CC2)C(C)OC)N(C)S(C)(=O)=O)c1ccc(F)cc1. The second-order valence-corrected chi connectivity index (χ2v) is 12.4. The molecule has 1 aliphatic heterocycles. The van der Waals surface area contributed by atoms with E-state index < -0.39 is 21.9 Å². The zero-order valence-corrected chi connectivity index (χ0v) is 25.4. The van der Waals surface area contributed by atoms with Crippen LogP contribution in [0.4, 0.5) is 8.78 Å². The highest BCUT2D eigenvalue weighted by Crippen LogP contribution is 2.36. The molecule has 11 heteroatoms. The van der Waals surface area contributed by atoms with Crippen LogP contribution in [-0.4, -0.2) is 53.8 Å². The van der Waals surface area contributed by atoms with Crippen molar-refractivity contribution < 1.29 is 26.7 Å². The maximum atomic E-state index is 14.7. The Hall–Kier alpha value is -4.35. The molecule has 0 bridgehead atoms. The molecule has 0 saturated heterocycles. The Labute approximate surface area is 249 Å². The fourth-order valence-electron chi connectivity index (χ4n) is 5.13. The third-order valence-electron chi connectivity index (χ3n) is 7.49. The molecule has 0 spiro atoms. The summed E-state index contributed by atoms with van der Waals surface area (Å²) in [6, 6.07) is 12.4. The summed E-state index contributed by atoms with van der Waals surface area (Å²) in [4.78, 5) is 9.67. The minimum absolute atomic E-state index is 0.248. The van der Waals surface area contributed by atoms with Crippen LogP contribution in [0.25, 0.3) is 33.6 Å². The van der Waals surface area contributed by atoms with Crippen LogP contribution in [0.5, 0.6) is 0 Å². The van der Waals surface area contributed by atoms with Gasteiger partial charge in [-0.25, -0.2) is 22.2 Å². The molecule has 0 aliphatic carbocycles. The van der Waals surface area contributed by atoms with E-state index in [1.807, 2.05) is 10.6 Å². The van der Waals surface area contributed by atoms with E-state index in [4.69, 9.17) is 19.4 Å². The Morgan fingerprint density at radius 3 is 2.58 bits per heavy atom. The van der Waals surface area contributed by atoms with Gasteiger partial charge in [0, 0.05) is 49.7 Å². The number of halogens is 2. The lowest BCUT2D eigenvalue weighted by molar-refractivity contribution is 0.162. The zero-order valence-electron chi connectivity index (χ0n) is 24.6. The minimum atomic E-state index is -3.75. The van der Waals surface area contributed by atoms with Crippen LogP contribution in [0.3, 0.4) is 0 Å². The number of rotatable bonds is 9. The van der Waals surface area contributed by atoms with Crippen LogP contribution in [0.1, 0.15) is 30.8 Å². The topological polar surface area (TPSA) is 86.6 Å². The molecule has 2 aromatic heterocycles. The van der Waals surface area contributed by atoms with Crippen molar-refractivity contribution in [1.29, 1.82) is 0 Å². The summed E-state index contributed by atoms with van der Waals surface area (Å²) >= 11 is 0. The first kappa shape index (κ1) is 30.1. The van der Waals surface area contributed by atoms with Crippen molar-refractivity contribution in [1.82, 2.24) is 18.8 Å². The highest BCUT2D eigenvalue weighted by Gasteiger charge is 2.28. The van der Waals surface area contributed by atoms with Gasteiger partial charge in [0.1, 0.15) is 28.8 Å². The van der Waals surface area contributed by atoms with Gasteiger partial charge in [0.05, 0.1) is 46.9 Å². The normalized spacial score (nSPS) is 14.5. The average molecular weight is 607 g/mol. The molecular formula is C32H32F2N4O4S. The van der Waals surface area contributed by atoms with Gasteiger partial charge in [0.25, 0.3) is 0 Å². The monoisotopic (exact) mass is 606 g/mol. The number of methoxy groups -OCH3 is 1. The smallest absolute Gasteiger partial charge is 0.232 e. The number of nitrogens with zero attached hydrogens (tertiary/aromatic N) is 4. The molecule has 0 saturated carbocycles. The molecule has 0 radical (unpaired) electrons. The molecule has 4 aromatic rings. The van der Waals surface area contributed by atoms with Crippen molar-refractivity contribution in [3.63, 3.8) is 0 Å². The van der Waals surface area contributed by atoms with Crippen molar-refractivity contribution in [2.24, 2.45) is 0 Å². The van der Waals surface area contributed by atoms with Crippen molar-refractivity contribution >= 4 is 32.3 Å². The summed E-state index contributed by atoms with van der Waals surface area (Å²) in [6.45, 7) is 8.00. The van der Waals surface area contributed by atoms with Crippen LogP contribution < -0.4 is 0 Å². The van der Waals surface area contributed by atoms with E-state index in [0.717, 1.165) is 27.5 Å². The van der Waals surface area contributed by atoms with Gasteiger partial charge >= 0.3 is 0 Å². The van der Waals surface area contributed by atoms with E-state index in [1.165, 1.54) is 44.5 Å². The summed E-state index contributed by atoms with van der Waals surface area (Å²) in [5.74, 6) is -0.135. The number of fused-ring (bicyclic) bond motifs is 5. The molecule has 0 fully saturated rings. The third kappa shape index (κ3) is 5.95. The molecular weight excluding hydrogens is 574 g/mol. The van der Waals surface area contributed by atoms with E-state index in [0.29, 0.717) is 46.6 Å². The second-order valence-electron chi connectivity index (χ2n) is 10.3. The molecule has 5 rings (SSSR count). The van der Waals surface area contributed by atoms with Crippen LogP contribution in [0.2, 0.25) is 0 Å². The van der Waals surface area contributed by atoms with Crippen molar-refractivity contribution in [3.8, 4) is 11.4 Å². The third-order valence-corrected chi connectivity index (χ3v) is 8.69. The van der Waals surface area contributed by atoms with Gasteiger partial charge in [-0.15, -0.1) is 0 Å². The average Bonchev–Trinajstić information content (AvgIpc) is 3.36. The van der Waals surface area contributed by atoms with Gasteiger partial charge in [-0.05, 0) is 56.3 Å². The number of ether oxygens (including phenoxy) is 2. The predicted octanol–water partition coefficient (Wildman–Crippen LogP) is 6.16. The number of hydrogen-bond acceptors (Lipinski definition) is 6. The molecule has 0 N–H and O–H groups in total. The summed E-state index contributed by atoms with van der Waals surface area (Å²) < 4.78 is 68.6. The largest absolute Gasteiger partial charge is 0.462 e. The first-order chi connectivity index (χ1) is 20.4. The Morgan fingerprint density at radius 2 is 1.91 bits per heavy atom. The Morgan fingerprint density at radius 1 is 1.19 bits per heavy atom. The number of sulfonamides is 1. The van der Waals surface area contributed by atoms with Gasteiger partial charge < -0.3 is 14.0 Å².